The molecule has 0 aliphatic carbocycles. The van der Waals surface area contributed by atoms with Crippen molar-refractivity contribution in [3.63, 3.8) is 0 Å². The second kappa shape index (κ2) is 13.1. The minimum Gasteiger partial charge on any atom is -0.456 e. The molecule has 0 unspecified atom stereocenters. The molecule has 0 radical (unpaired) electrons. The molecule has 0 amide bonds. The quantitative estimate of drug-likeness (QED) is 0.168. The van der Waals surface area contributed by atoms with Crippen LogP contribution in [0.2, 0.25) is 0 Å². The standard InChI is InChI=1S/C54H34N2OS/c1-2-14-38(15-3-1)51-44-18-6-8-22-46(44)56-48-24-11-21-43(53(48)58-54(51)56)37-29-33-40(34-30-37)55(47-23-12-26-50-52(47)45-19-7-9-25-49(45)57-50)39-31-27-36(28-32-39)42-20-10-16-35-13-4-5-17-41(35)42/h1-34H. The Hall–Kier alpha value is -7.40. The summed E-state index contributed by atoms with van der Waals surface area (Å²) in [7, 11) is 0. The summed E-state index contributed by atoms with van der Waals surface area (Å²) in [6.45, 7) is 0. The van der Waals surface area contributed by atoms with Crippen LogP contribution in [0, 0.1) is 0 Å². The summed E-state index contributed by atoms with van der Waals surface area (Å²) < 4.78 is 10.1. The van der Waals surface area contributed by atoms with E-state index in [9.17, 15) is 0 Å². The number of aromatic nitrogens is 1. The molecule has 0 aliphatic rings. The Labute approximate surface area is 338 Å². The maximum atomic E-state index is 6.40. The molecule has 0 saturated carbocycles. The summed E-state index contributed by atoms with van der Waals surface area (Å²) in [6.07, 6.45) is 0. The average molecular weight is 759 g/mol. The van der Waals surface area contributed by atoms with Gasteiger partial charge in [-0.05, 0) is 87.6 Å². The summed E-state index contributed by atoms with van der Waals surface area (Å²) in [6, 6.07) is 74.2. The normalized spacial score (nSPS) is 11.8. The van der Waals surface area contributed by atoms with Gasteiger partial charge >= 0.3 is 0 Å². The molecule has 3 nitrogen and oxygen atoms in total. The number of anilines is 3. The summed E-state index contributed by atoms with van der Waals surface area (Å²) >= 11 is 1.88. The Bertz CT molecular complexity index is 3500. The van der Waals surface area contributed by atoms with Crippen LogP contribution in [0.4, 0.5) is 17.1 Å². The van der Waals surface area contributed by atoms with Crippen LogP contribution in [0.15, 0.2) is 211 Å². The highest BCUT2D eigenvalue weighted by atomic mass is 32.1. The monoisotopic (exact) mass is 758 g/mol. The van der Waals surface area contributed by atoms with E-state index in [0.29, 0.717) is 0 Å². The molecule has 0 atom stereocenters. The lowest BCUT2D eigenvalue weighted by Crippen LogP contribution is -2.10. The van der Waals surface area contributed by atoms with E-state index in [-0.39, 0.29) is 0 Å². The van der Waals surface area contributed by atoms with Gasteiger partial charge in [0.15, 0.2) is 0 Å². The molecule has 0 aliphatic heterocycles. The fourth-order valence-corrected chi connectivity index (χ4v) is 10.4. The van der Waals surface area contributed by atoms with E-state index in [1.807, 2.05) is 17.4 Å². The van der Waals surface area contributed by atoms with E-state index in [1.165, 1.54) is 70.1 Å². The number of furan rings is 1. The molecule has 0 fully saturated rings. The molecule has 0 spiro atoms. The van der Waals surface area contributed by atoms with Gasteiger partial charge in [-0.3, -0.25) is 4.40 Å². The third-order valence-electron chi connectivity index (χ3n) is 11.6. The van der Waals surface area contributed by atoms with Crippen molar-refractivity contribution in [3.8, 4) is 33.4 Å². The van der Waals surface area contributed by atoms with Gasteiger partial charge in [0, 0.05) is 33.3 Å². The van der Waals surface area contributed by atoms with Gasteiger partial charge in [-0.25, -0.2) is 0 Å². The Balaban J connectivity index is 1.01. The Kier molecular flexibility index (Phi) is 7.40. The molecule has 3 aromatic heterocycles. The van der Waals surface area contributed by atoms with Gasteiger partial charge in [0.05, 0.1) is 26.8 Å². The molecule has 12 rings (SSSR count). The molecule has 4 heteroatoms. The van der Waals surface area contributed by atoms with Crippen LogP contribution < -0.4 is 4.90 Å². The van der Waals surface area contributed by atoms with Crippen molar-refractivity contribution in [1.29, 1.82) is 0 Å². The van der Waals surface area contributed by atoms with Crippen molar-refractivity contribution in [2.75, 3.05) is 4.90 Å². The fraction of sp³-hybridized carbons (Fsp3) is 0. The molecule has 0 bridgehead atoms. The highest BCUT2D eigenvalue weighted by Crippen LogP contribution is 2.47. The zero-order valence-electron chi connectivity index (χ0n) is 31.3. The summed E-state index contributed by atoms with van der Waals surface area (Å²) in [4.78, 5) is 3.64. The molecule has 9 aromatic carbocycles. The smallest absolute Gasteiger partial charge is 0.137 e. The second-order valence-corrected chi connectivity index (χ2v) is 15.9. The van der Waals surface area contributed by atoms with Gasteiger partial charge in [0.2, 0.25) is 0 Å². The first-order chi connectivity index (χ1) is 28.8. The van der Waals surface area contributed by atoms with E-state index < -0.39 is 0 Å². The second-order valence-electron chi connectivity index (χ2n) is 14.9. The lowest BCUT2D eigenvalue weighted by atomic mass is 9.98. The lowest BCUT2D eigenvalue weighted by molar-refractivity contribution is 0.669. The number of hydrogen-bond acceptors (Lipinski definition) is 3. The summed E-state index contributed by atoms with van der Waals surface area (Å²) in [5, 5.41) is 5.97. The molecule has 58 heavy (non-hydrogen) atoms. The number of para-hydroxylation sites is 2. The Morgan fingerprint density at radius 3 is 1.81 bits per heavy atom. The predicted octanol–water partition coefficient (Wildman–Crippen LogP) is 15.8. The maximum Gasteiger partial charge on any atom is 0.137 e. The number of rotatable bonds is 6. The van der Waals surface area contributed by atoms with Crippen molar-refractivity contribution in [2.24, 2.45) is 0 Å². The average Bonchev–Trinajstić information content (AvgIpc) is 3.96. The van der Waals surface area contributed by atoms with Crippen molar-refractivity contribution in [1.82, 2.24) is 4.40 Å². The molecule has 12 aromatic rings. The van der Waals surface area contributed by atoms with Gasteiger partial charge in [-0.2, -0.15) is 0 Å². The van der Waals surface area contributed by atoms with Crippen LogP contribution in [-0.4, -0.2) is 4.40 Å². The van der Waals surface area contributed by atoms with Gasteiger partial charge < -0.3 is 9.32 Å². The van der Waals surface area contributed by atoms with Crippen LogP contribution >= 0.6 is 11.3 Å². The summed E-state index contributed by atoms with van der Waals surface area (Å²) in [5.74, 6) is 0. The highest BCUT2D eigenvalue weighted by Gasteiger charge is 2.22. The number of fused-ring (bicyclic) bond motifs is 9. The van der Waals surface area contributed by atoms with Crippen LogP contribution in [0.1, 0.15) is 0 Å². The first-order valence-electron chi connectivity index (χ1n) is 19.7. The number of benzene rings is 9. The highest BCUT2D eigenvalue weighted by molar-refractivity contribution is 7.25. The largest absolute Gasteiger partial charge is 0.456 e. The zero-order chi connectivity index (χ0) is 38.2. The number of nitrogens with zero attached hydrogens (tertiary/aromatic N) is 2. The Morgan fingerprint density at radius 2 is 1.00 bits per heavy atom. The lowest BCUT2D eigenvalue weighted by Gasteiger charge is -2.26. The third kappa shape index (κ3) is 5.05. The fourth-order valence-electron chi connectivity index (χ4n) is 9.00. The topological polar surface area (TPSA) is 20.8 Å². The van der Waals surface area contributed by atoms with Crippen molar-refractivity contribution < 1.29 is 4.42 Å². The van der Waals surface area contributed by atoms with Crippen LogP contribution in [0.25, 0.3) is 92.0 Å². The van der Waals surface area contributed by atoms with Crippen molar-refractivity contribution >= 4 is 87.1 Å². The van der Waals surface area contributed by atoms with Crippen molar-refractivity contribution in [3.05, 3.63) is 206 Å². The van der Waals surface area contributed by atoms with Gasteiger partial charge in [0.1, 0.15) is 16.0 Å². The molecule has 3 heterocycles. The zero-order valence-corrected chi connectivity index (χ0v) is 32.2. The number of hydrogen-bond donors (Lipinski definition) is 0. The first-order valence-corrected chi connectivity index (χ1v) is 20.5. The molecular weight excluding hydrogens is 725 g/mol. The van der Waals surface area contributed by atoms with E-state index in [0.717, 1.165) is 39.0 Å². The molecule has 272 valence electrons. The Morgan fingerprint density at radius 1 is 0.414 bits per heavy atom. The van der Waals surface area contributed by atoms with E-state index >= 15 is 0 Å². The van der Waals surface area contributed by atoms with Crippen LogP contribution in [-0.2, 0) is 0 Å². The minimum absolute atomic E-state index is 0.871. The van der Waals surface area contributed by atoms with Gasteiger partial charge in [-0.15, -0.1) is 11.3 Å². The molecule has 0 saturated heterocycles. The van der Waals surface area contributed by atoms with E-state index in [1.54, 1.807) is 0 Å². The third-order valence-corrected chi connectivity index (χ3v) is 12.8. The van der Waals surface area contributed by atoms with Crippen LogP contribution in [0.3, 0.4) is 0 Å². The maximum absolute atomic E-state index is 6.40. The number of thiazole rings is 1. The SMILES string of the molecule is c1ccc(-c2c3ccccc3n3c2sc2c(-c4ccc(N(c5ccc(-c6cccc7ccccc67)cc5)c5cccc6oc7ccccc7c56)cc4)cccc23)cc1. The van der Waals surface area contributed by atoms with Gasteiger partial charge in [-0.1, -0.05) is 152 Å². The van der Waals surface area contributed by atoms with Crippen molar-refractivity contribution in [2.45, 2.75) is 0 Å². The summed E-state index contributed by atoms with van der Waals surface area (Å²) in [5.41, 5.74) is 14.8. The van der Waals surface area contributed by atoms with Gasteiger partial charge in [0.25, 0.3) is 0 Å². The molecule has 0 N–H and O–H groups in total. The van der Waals surface area contributed by atoms with Crippen LogP contribution in [0.5, 0.6) is 0 Å². The first kappa shape index (κ1) is 32.8. The van der Waals surface area contributed by atoms with E-state index in [4.69, 9.17) is 4.42 Å². The van der Waals surface area contributed by atoms with E-state index in [2.05, 4.69) is 209 Å². The minimum atomic E-state index is 0.871. The molecular formula is C54H34N2OS. The predicted molar refractivity (Wildman–Crippen MR) is 246 cm³/mol.